The topological polar surface area (TPSA) is 45.1 Å². The van der Waals surface area contributed by atoms with Crippen molar-refractivity contribution in [2.45, 2.75) is 18.6 Å². The van der Waals surface area contributed by atoms with E-state index in [4.69, 9.17) is 40.3 Å². The third-order valence-corrected chi connectivity index (χ3v) is 4.96. The number of alkyl halides is 2. The fourth-order valence-electron chi connectivity index (χ4n) is 1.05. The Morgan fingerprint density at radius 2 is 1.85 bits per heavy atom. The number of amides is 1. The van der Waals surface area contributed by atoms with Crippen LogP contribution in [0.2, 0.25) is 0 Å². The van der Waals surface area contributed by atoms with Gasteiger partial charge in [-0.25, -0.2) is 4.79 Å². The number of hydrogen-bond donors (Lipinski definition) is 0. The van der Waals surface area contributed by atoms with Crippen LogP contribution >= 0.6 is 47.4 Å². The van der Waals surface area contributed by atoms with Gasteiger partial charge in [0.1, 0.15) is 0 Å². The lowest BCUT2D eigenvalue weighted by atomic mass is 10.2. The Kier molecular flexibility index (Phi) is 8.81. The SMILES string of the molecule is CC(=S)C(=NOC(=O)N(C)SC(C)(CCl)CCl)N(C)C. The molecule has 0 rings (SSSR count). The van der Waals surface area contributed by atoms with Gasteiger partial charge in [0.2, 0.25) is 0 Å². The summed E-state index contributed by atoms with van der Waals surface area (Å²) in [5.41, 5.74) is 0. The number of hydrogen-bond acceptors (Lipinski definition) is 5. The molecule has 9 heteroatoms. The Hall–Kier alpha value is -0.240. The smallest absolute Gasteiger partial charge is 0.359 e. The monoisotopic (exact) mass is 359 g/mol. The van der Waals surface area contributed by atoms with E-state index in [9.17, 15) is 4.79 Å². The van der Waals surface area contributed by atoms with Crippen LogP contribution in [0.5, 0.6) is 0 Å². The Morgan fingerprint density at radius 1 is 1.35 bits per heavy atom. The van der Waals surface area contributed by atoms with Crippen molar-refractivity contribution in [3.8, 4) is 0 Å². The second-order valence-electron chi connectivity index (χ2n) is 4.53. The Labute approximate surface area is 139 Å². The maximum absolute atomic E-state index is 11.8. The molecule has 5 nitrogen and oxygen atoms in total. The number of carbonyl (C=O) groups is 1. The van der Waals surface area contributed by atoms with Crippen LogP contribution in [0, 0.1) is 0 Å². The summed E-state index contributed by atoms with van der Waals surface area (Å²) in [5, 5.41) is 3.76. The van der Waals surface area contributed by atoms with Gasteiger partial charge >= 0.3 is 6.09 Å². The van der Waals surface area contributed by atoms with Gasteiger partial charge in [0.05, 0.1) is 9.61 Å². The quantitative estimate of drug-likeness (QED) is 0.138. The van der Waals surface area contributed by atoms with Gasteiger partial charge < -0.3 is 4.90 Å². The molecule has 0 fully saturated rings. The highest BCUT2D eigenvalue weighted by Gasteiger charge is 2.28. The van der Waals surface area contributed by atoms with Crippen molar-refractivity contribution in [2.75, 3.05) is 32.9 Å². The van der Waals surface area contributed by atoms with E-state index in [1.807, 2.05) is 6.92 Å². The summed E-state index contributed by atoms with van der Waals surface area (Å²) in [4.78, 5) is 18.9. The van der Waals surface area contributed by atoms with Gasteiger partial charge in [-0.3, -0.25) is 9.14 Å². The van der Waals surface area contributed by atoms with Crippen LogP contribution in [-0.4, -0.2) is 63.6 Å². The minimum absolute atomic E-state index is 0.310. The molecule has 0 heterocycles. The number of rotatable bonds is 6. The zero-order valence-corrected chi connectivity index (χ0v) is 15.3. The molecular formula is C11H19Cl2N3O2S2. The number of thiocarbonyl (C=S) groups is 1. The molecule has 0 aliphatic rings. The van der Waals surface area contributed by atoms with E-state index >= 15 is 0 Å². The van der Waals surface area contributed by atoms with E-state index in [1.54, 1.807) is 33.0 Å². The van der Waals surface area contributed by atoms with Crippen molar-refractivity contribution in [1.29, 1.82) is 0 Å². The van der Waals surface area contributed by atoms with Crippen LogP contribution < -0.4 is 0 Å². The largest absolute Gasteiger partial charge is 0.445 e. The first-order valence-electron chi connectivity index (χ1n) is 5.69. The van der Waals surface area contributed by atoms with Crippen molar-refractivity contribution in [2.24, 2.45) is 5.16 Å². The predicted octanol–water partition coefficient (Wildman–Crippen LogP) is 3.20. The van der Waals surface area contributed by atoms with Crippen molar-refractivity contribution >= 4 is 64.2 Å². The Bertz CT molecular complexity index is 388. The molecule has 0 N–H and O–H groups in total. The molecule has 0 radical (unpaired) electrons. The molecule has 0 saturated carbocycles. The normalized spacial score (nSPS) is 12.1. The first-order valence-corrected chi connectivity index (χ1v) is 7.94. The zero-order chi connectivity index (χ0) is 15.9. The second-order valence-corrected chi connectivity index (χ2v) is 7.39. The molecular weight excluding hydrogens is 341 g/mol. The molecule has 0 aromatic rings. The second kappa shape index (κ2) is 8.92. The summed E-state index contributed by atoms with van der Waals surface area (Å²) in [6.07, 6.45) is -0.618. The molecule has 20 heavy (non-hydrogen) atoms. The third kappa shape index (κ3) is 6.47. The summed E-state index contributed by atoms with van der Waals surface area (Å²) in [7, 11) is 5.09. The molecule has 0 unspecified atom stereocenters. The molecule has 0 saturated heterocycles. The molecule has 0 atom stereocenters. The van der Waals surface area contributed by atoms with E-state index in [-0.39, 0.29) is 0 Å². The predicted molar refractivity (Wildman–Crippen MR) is 91.1 cm³/mol. The van der Waals surface area contributed by atoms with Crippen LogP contribution in [0.25, 0.3) is 0 Å². The maximum Gasteiger partial charge on any atom is 0.445 e. The lowest BCUT2D eigenvalue weighted by Gasteiger charge is -2.27. The van der Waals surface area contributed by atoms with Crippen LogP contribution in [0.4, 0.5) is 4.79 Å². The average Bonchev–Trinajstić information content (AvgIpc) is 2.37. The van der Waals surface area contributed by atoms with E-state index in [0.29, 0.717) is 22.5 Å². The minimum atomic E-state index is -0.618. The highest BCUT2D eigenvalue weighted by molar-refractivity contribution is 7.99. The standard InChI is InChI=1S/C11H19Cl2N3O2S2/c1-8(19)9(15(3)4)14-18-10(17)16(5)20-11(2,6-12)7-13/h6-7H2,1-5H3. The molecule has 116 valence electrons. The van der Waals surface area contributed by atoms with Gasteiger partial charge in [-0.2, -0.15) is 0 Å². The third-order valence-electron chi connectivity index (χ3n) is 2.13. The van der Waals surface area contributed by atoms with E-state index in [2.05, 4.69) is 5.16 Å². The molecule has 0 aliphatic heterocycles. The van der Waals surface area contributed by atoms with Crippen molar-refractivity contribution < 1.29 is 9.63 Å². The molecule has 0 aromatic carbocycles. The number of oxime groups is 1. The van der Waals surface area contributed by atoms with Crippen molar-refractivity contribution in [3.05, 3.63) is 0 Å². The van der Waals surface area contributed by atoms with E-state index in [0.717, 1.165) is 0 Å². The van der Waals surface area contributed by atoms with Crippen LogP contribution in [-0.2, 0) is 4.84 Å². The van der Waals surface area contributed by atoms with Crippen molar-refractivity contribution in [1.82, 2.24) is 9.21 Å². The Balaban J connectivity index is 4.69. The van der Waals surface area contributed by atoms with Gasteiger partial charge in [-0.15, -0.1) is 23.2 Å². The van der Waals surface area contributed by atoms with Gasteiger partial charge in [0.25, 0.3) is 0 Å². The fourth-order valence-corrected chi connectivity index (χ4v) is 2.72. The molecule has 0 spiro atoms. The van der Waals surface area contributed by atoms with Crippen LogP contribution in [0.1, 0.15) is 13.8 Å². The van der Waals surface area contributed by atoms with E-state index in [1.165, 1.54) is 16.3 Å². The lowest BCUT2D eigenvalue weighted by molar-refractivity contribution is 0.135. The van der Waals surface area contributed by atoms with E-state index < -0.39 is 10.8 Å². The molecule has 0 aromatic heterocycles. The van der Waals surface area contributed by atoms with Gasteiger partial charge in [0.15, 0.2) is 5.84 Å². The number of halogens is 2. The summed E-state index contributed by atoms with van der Waals surface area (Å²) < 4.78 is 0.852. The maximum atomic E-state index is 11.8. The van der Waals surface area contributed by atoms with Crippen LogP contribution in [0.3, 0.4) is 0 Å². The minimum Gasteiger partial charge on any atom is -0.359 e. The number of nitrogens with zero attached hydrogens (tertiary/aromatic N) is 3. The average molecular weight is 360 g/mol. The van der Waals surface area contributed by atoms with Gasteiger partial charge in [0, 0.05) is 32.9 Å². The van der Waals surface area contributed by atoms with Crippen LogP contribution in [0.15, 0.2) is 5.16 Å². The number of amidine groups is 1. The van der Waals surface area contributed by atoms with Crippen molar-refractivity contribution in [3.63, 3.8) is 0 Å². The zero-order valence-electron chi connectivity index (χ0n) is 12.1. The number of carbonyl (C=O) groups excluding carboxylic acids is 1. The highest BCUT2D eigenvalue weighted by Crippen LogP contribution is 2.30. The Morgan fingerprint density at radius 3 is 2.20 bits per heavy atom. The van der Waals surface area contributed by atoms with Gasteiger partial charge in [-0.05, 0) is 25.8 Å². The molecule has 0 aliphatic carbocycles. The fraction of sp³-hybridized carbons (Fsp3) is 0.727. The summed E-state index contributed by atoms with van der Waals surface area (Å²) in [6.45, 7) is 3.57. The highest BCUT2D eigenvalue weighted by atomic mass is 35.5. The molecule has 1 amide bonds. The first kappa shape index (κ1) is 19.8. The van der Waals surface area contributed by atoms with Gasteiger partial charge in [-0.1, -0.05) is 17.4 Å². The first-order chi connectivity index (χ1) is 9.16. The lowest BCUT2D eigenvalue weighted by Crippen LogP contribution is -2.33. The summed E-state index contributed by atoms with van der Waals surface area (Å²) in [5.74, 6) is 1.04. The summed E-state index contributed by atoms with van der Waals surface area (Å²) in [6, 6.07) is 0. The summed E-state index contributed by atoms with van der Waals surface area (Å²) >= 11 is 17.9. The molecule has 0 bridgehead atoms.